The van der Waals surface area contributed by atoms with Gasteiger partial charge < -0.3 is 14.4 Å². The van der Waals surface area contributed by atoms with Gasteiger partial charge in [-0.1, -0.05) is 75.8 Å². The van der Waals surface area contributed by atoms with E-state index in [0.717, 1.165) is 97.8 Å². The fraction of sp³-hybridized carbons (Fsp3) is 0.435. The van der Waals surface area contributed by atoms with Gasteiger partial charge >= 0.3 is 0 Å². The molecule has 7 heteroatoms. The van der Waals surface area contributed by atoms with Gasteiger partial charge in [-0.15, -0.1) is 25.3 Å². The molecule has 1 aliphatic carbocycles. The van der Waals surface area contributed by atoms with Crippen LogP contribution in [0.4, 0.5) is 11.4 Å². The summed E-state index contributed by atoms with van der Waals surface area (Å²) in [7, 11) is 0. The van der Waals surface area contributed by atoms with Gasteiger partial charge in [0, 0.05) is 56.5 Å². The van der Waals surface area contributed by atoms with Crippen LogP contribution in [0.5, 0.6) is 0 Å². The molecule has 0 spiro atoms. The molecule has 6 rings (SSSR count). The van der Waals surface area contributed by atoms with Gasteiger partial charge in [0.2, 0.25) is 0 Å². The number of aryl methyl sites for hydroxylation is 1. The van der Waals surface area contributed by atoms with E-state index in [1.165, 1.54) is 56.0 Å². The lowest BCUT2D eigenvalue weighted by Crippen LogP contribution is -2.40. The zero-order valence-corrected chi connectivity index (χ0v) is 35.7. The maximum absolute atomic E-state index is 9.37. The fourth-order valence-electron chi connectivity index (χ4n) is 8.70. The monoisotopic (exact) mass is 782 g/mol. The zero-order valence-electron chi connectivity index (χ0n) is 32.2. The molecule has 1 atom stereocenters. The van der Waals surface area contributed by atoms with Crippen molar-refractivity contribution in [2.75, 3.05) is 34.4 Å². The minimum Gasteiger partial charge on any atom is -0.364 e. The Kier molecular flexibility index (Phi) is 13.4. The summed E-state index contributed by atoms with van der Waals surface area (Å²) in [6, 6.07) is 22.6. The minimum absolute atomic E-state index is 0.0713. The molecule has 282 valence electrons. The molecule has 0 bridgehead atoms. The van der Waals surface area contributed by atoms with E-state index in [0.29, 0.717) is 0 Å². The number of rotatable bonds is 14. The summed E-state index contributed by atoms with van der Waals surface area (Å²) < 4.78 is 9.37. The maximum atomic E-state index is 9.37. The van der Waals surface area contributed by atoms with Crippen LogP contribution in [0.3, 0.4) is 0 Å². The van der Waals surface area contributed by atoms with Crippen molar-refractivity contribution in [2.45, 2.75) is 113 Å². The summed E-state index contributed by atoms with van der Waals surface area (Å²) in [5.41, 5.74) is 13.5. The zero-order chi connectivity index (χ0) is 37.8. The Morgan fingerprint density at radius 3 is 2.25 bits per heavy atom. The number of anilines is 2. The average Bonchev–Trinajstić information content (AvgIpc) is 3.47. The number of hydrogen-bond donors (Lipinski definition) is 4. The van der Waals surface area contributed by atoms with E-state index < -0.39 is 0 Å². The minimum atomic E-state index is -0.125. The molecule has 1 N–H and O–H groups in total. The van der Waals surface area contributed by atoms with E-state index in [4.69, 9.17) is 25.3 Å². The van der Waals surface area contributed by atoms with Gasteiger partial charge in [-0.25, -0.2) is 0 Å². The Hall–Kier alpha value is -2.42. The van der Waals surface area contributed by atoms with Crippen LogP contribution in [0.25, 0.3) is 0 Å². The van der Waals surface area contributed by atoms with Crippen molar-refractivity contribution >= 4 is 61.3 Å². The summed E-state index contributed by atoms with van der Waals surface area (Å²) in [5.74, 6) is 1.68. The predicted octanol–water partition coefficient (Wildman–Crippen LogP) is 12.6. The Bertz CT molecular complexity index is 1890. The van der Waals surface area contributed by atoms with Crippen molar-refractivity contribution < 1.29 is 4.55 Å². The van der Waals surface area contributed by atoms with Gasteiger partial charge in [-0.2, -0.15) is 12.6 Å². The normalized spacial score (nSPS) is 20.7. The van der Waals surface area contributed by atoms with Crippen LogP contribution in [0, 0.1) is 6.92 Å². The SMILES string of the molecule is Cc1ccc(CC2=C(/C=C/C3N(CCCCSO)c4ccc(S)cc4C3(C)C)CCC/C2=C\C=C2\N(CCCCS)c3ccc(S)cc3C2(C)C)cc1. The predicted molar refractivity (Wildman–Crippen MR) is 240 cm³/mol. The number of allylic oxidation sites excluding steroid dienone is 7. The molecule has 53 heavy (non-hydrogen) atoms. The van der Waals surface area contributed by atoms with Crippen molar-refractivity contribution in [3.8, 4) is 0 Å². The maximum Gasteiger partial charge on any atom is 0.0568 e. The van der Waals surface area contributed by atoms with Gasteiger partial charge in [0.25, 0.3) is 0 Å². The fourth-order valence-corrected chi connectivity index (χ4v) is 9.66. The van der Waals surface area contributed by atoms with E-state index in [2.05, 4.69) is 142 Å². The number of thiol groups is 3. The van der Waals surface area contributed by atoms with E-state index in [9.17, 15) is 4.55 Å². The van der Waals surface area contributed by atoms with Crippen LogP contribution in [-0.2, 0) is 17.3 Å². The molecule has 3 aromatic rings. The van der Waals surface area contributed by atoms with Crippen LogP contribution < -0.4 is 9.80 Å². The van der Waals surface area contributed by atoms with Gasteiger partial charge in [0.1, 0.15) is 0 Å². The van der Waals surface area contributed by atoms with Crippen molar-refractivity contribution in [3.63, 3.8) is 0 Å². The molecule has 3 nitrogen and oxygen atoms in total. The molecule has 0 radical (unpaired) electrons. The summed E-state index contributed by atoms with van der Waals surface area (Å²) in [4.78, 5) is 7.18. The highest BCUT2D eigenvalue weighted by Crippen LogP contribution is 2.49. The average molecular weight is 783 g/mol. The van der Waals surface area contributed by atoms with Crippen molar-refractivity contribution in [1.82, 2.24) is 0 Å². The molecule has 2 aliphatic heterocycles. The Morgan fingerprint density at radius 2 is 1.53 bits per heavy atom. The lowest BCUT2D eigenvalue weighted by molar-refractivity contribution is 0.470. The molecular formula is C46H58N2OS4. The molecular weight excluding hydrogens is 725 g/mol. The molecule has 0 saturated carbocycles. The first kappa shape index (κ1) is 40.2. The van der Waals surface area contributed by atoms with Crippen LogP contribution in [0.1, 0.15) is 94.9 Å². The summed E-state index contributed by atoms with van der Waals surface area (Å²) in [6.07, 6.45) is 18.4. The smallest absolute Gasteiger partial charge is 0.0568 e. The highest BCUT2D eigenvalue weighted by atomic mass is 32.2. The summed E-state index contributed by atoms with van der Waals surface area (Å²) >= 11 is 15.0. The third kappa shape index (κ3) is 8.86. The molecule has 3 aliphatic rings. The first-order valence-electron chi connectivity index (χ1n) is 19.4. The third-order valence-corrected chi connectivity index (χ3v) is 13.0. The largest absolute Gasteiger partial charge is 0.364 e. The molecule has 0 amide bonds. The topological polar surface area (TPSA) is 26.7 Å². The summed E-state index contributed by atoms with van der Waals surface area (Å²) in [5, 5.41) is 0. The standard InChI is InChI=1S/C46H58N2OS4/c1-32-13-15-33(16-14-32)29-38-34(17-23-43-45(2,3)39-30-36(51)19-21-41(39)47(43)25-6-8-27-50)11-10-12-35(38)18-24-44-46(4,5)40-31-37(52)20-22-42(40)48(44)26-7-9-28-53-49/h13-24,30-31,44,49-52H,6-12,25-29H2,1-5H3/b24-18+,34-17+,43-23+. The van der Waals surface area contributed by atoms with Crippen LogP contribution in [-0.4, -0.2) is 35.2 Å². The van der Waals surface area contributed by atoms with E-state index >= 15 is 0 Å². The number of hydrogen-bond acceptors (Lipinski definition) is 7. The molecule has 3 aromatic carbocycles. The molecule has 0 saturated heterocycles. The number of benzene rings is 3. The molecule has 2 heterocycles. The van der Waals surface area contributed by atoms with Gasteiger partial charge in [0.05, 0.1) is 6.04 Å². The van der Waals surface area contributed by atoms with E-state index in [1.54, 1.807) is 0 Å². The molecule has 0 aromatic heterocycles. The first-order valence-corrected chi connectivity index (χ1v) is 21.9. The number of fused-ring (bicyclic) bond motifs is 2. The molecule has 0 fully saturated rings. The summed E-state index contributed by atoms with van der Waals surface area (Å²) in [6.45, 7) is 13.6. The van der Waals surface area contributed by atoms with Crippen molar-refractivity contribution in [3.05, 3.63) is 130 Å². The molecule has 1 unspecified atom stereocenters. The van der Waals surface area contributed by atoms with Crippen molar-refractivity contribution in [1.29, 1.82) is 0 Å². The van der Waals surface area contributed by atoms with Gasteiger partial charge in [0.15, 0.2) is 0 Å². The van der Waals surface area contributed by atoms with E-state index in [1.807, 2.05) is 0 Å². The van der Waals surface area contributed by atoms with Crippen molar-refractivity contribution in [2.24, 2.45) is 0 Å². The third-order valence-electron chi connectivity index (χ3n) is 11.7. The first-order chi connectivity index (χ1) is 25.4. The number of unbranched alkanes of at least 4 members (excludes halogenated alkanes) is 2. The highest BCUT2D eigenvalue weighted by molar-refractivity contribution is 7.93. The Labute approximate surface area is 340 Å². The Balaban J connectivity index is 1.40. The second kappa shape index (κ2) is 17.6. The quantitative estimate of drug-likeness (QED) is 0.0744. The lowest BCUT2D eigenvalue weighted by atomic mass is 9.79. The van der Waals surface area contributed by atoms with Gasteiger partial charge in [-0.05, 0) is 152 Å². The second-order valence-electron chi connectivity index (χ2n) is 16.1. The lowest BCUT2D eigenvalue weighted by Gasteiger charge is -2.33. The van der Waals surface area contributed by atoms with Crippen LogP contribution in [0.15, 0.2) is 117 Å². The highest BCUT2D eigenvalue weighted by Gasteiger charge is 2.43. The number of nitrogens with zero attached hydrogens (tertiary/aromatic N) is 2. The Morgan fingerprint density at radius 1 is 0.830 bits per heavy atom. The van der Waals surface area contributed by atoms with E-state index in [-0.39, 0.29) is 16.9 Å². The van der Waals surface area contributed by atoms with Crippen LogP contribution in [0.2, 0.25) is 0 Å². The van der Waals surface area contributed by atoms with Gasteiger partial charge in [-0.3, -0.25) is 0 Å². The second-order valence-corrected chi connectivity index (χ2v) is 18.3. The van der Waals surface area contributed by atoms with Crippen LogP contribution >= 0.6 is 49.9 Å².